The molecule has 0 amide bonds. The van der Waals surface area contributed by atoms with E-state index in [9.17, 15) is 0 Å². The maximum absolute atomic E-state index is 8.79. The van der Waals surface area contributed by atoms with Crippen molar-refractivity contribution in [1.82, 2.24) is 0 Å². The molecule has 0 aromatic carbocycles. The van der Waals surface area contributed by atoms with Gasteiger partial charge in [-0.3, -0.25) is 0 Å². The molecule has 0 fully saturated rings. The van der Waals surface area contributed by atoms with Crippen molar-refractivity contribution in [3.05, 3.63) is 0 Å². The van der Waals surface area contributed by atoms with Crippen LogP contribution in [0.2, 0.25) is 0 Å². The molecule has 4 nitrogen and oxygen atoms in total. The van der Waals surface area contributed by atoms with E-state index in [-0.39, 0.29) is 6.10 Å². The Morgan fingerprint density at radius 3 is 1.89 bits per heavy atom. The molecule has 0 aromatic rings. The molecule has 0 spiro atoms. The molecule has 56 valence electrons. The summed E-state index contributed by atoms with van der Waals surface area (Å²) < 4.78 is 26.6. The van der Waals surface area contributed by atoms with Crippen molar-refractivity contribution in [3.63, 3.8) is 0 Å². The van der Waals surface area contributed by atoms with E-state index in [2.05, 4.69) is 6.64 Å². The molecular weight excluding hydrogens is 160 g/mol. The third-order valence-corrected chi connectivity index (χ3v) is 2.70. The van der Waals surface area contributed by atoms with Gasteiger partial charge in [-0.15, -0.1) is 0 Å². The number of hydrogen-bond acceptors (Lipinski definition) is 4. The van der Waals surface area contributed by atoms with Gasteiger partial charge < -0.3 is 0 Å². The van der Waals surface area contributed by atoms with Gasteiger partial charge in [0.25, 0.3) is 0 Å². The standard InChI is InChI=1S/C3H7O.CH3O.2H2O.Ti/c1-3(2)4;1-2;;;/h3H,1-2H3;1H3;2*1H2;/q2*-1;;;+4/p-2. The van der Waals surface area contributed by atoms with Gasteiger partial charge in [0.05, 0.1) is 0 Å². The van der Waals surface area contributed by atoms with E-state index in [1.807, 2.05) is 0 Å². The zero-order chi connectivity index (χ0) is 7.49. The first-order chi connectivity index (χ1) is 3.98. The predicted molar refractivity (Wildman–Crippen MR) is 27.7 cm³/mol. The Morgan fingerprint density at radius 1 is 1.33 bits per heavy atom. The van der Waals surface area contributed by atoms with Crippen LogP contribution in [-0.4, -0.2) is 20.6 Å². The van der Waals surface area contributed by atoms with E-state index < -0.39 is 18.1 Å². The molecule has 0 bridgehead atoms. The molecule has 0 rings (SSSR count). The molecule has 0 aromatic heterocycles. The van der Waals surface area contributed by atoms with E-state index in [1.165, 1.54) is 7.11 Å². The number of rotatable bonds is 3. The zero-order valence-electron chi connectivity index (χ0n) is 5.79. The van der Waals surface area contributed by atoms with E-state index in [0.29, 0.717) is 0 Å². The average Bonchev–Trinajstić information content (AvgIpc) is 1.63. The first-order valence-corrected chi connectivity index (χ1v) is 5.33. The van der Waals surface area contributed by atoms with Crippen LogP contribution in [0.5, 0.6) is 0 Å². The summed E-state index contributed by atoms with van der Waals surface area (Å²) in [5.74, 6) is 0. The van der Waals surface area contributed by atoms with Crippen molar-refractivity contribution in [2.45, 2.75) is 20.0 Å². The summed E-state index contributed by atoms with van der Waals surface area (Å²) in [4.78, 5) is 0. The fourth-order valence-electron chi connectivity index (χ4n) is 0.355. The molecule has 0 aliphatic carbocycles. The van der Waals surface area contributed by atoms with Crippen LogP contribution in [0.3, 0.4) is 0 Å². The summed E-state index contributed by atoms with van der Waals surface area (Å²) in [7, 11) is 1.22. The summed E-state index contributed by atoms with van der Waals surface area (Å²) in [6.07, 6.45) is -0.194. The predicted octanol–water partition coefficient (Wildman–Crippen LogP) is -0.144. The van der Waals surface area contributed by atoms with Gasteiger partial charge in [0.1, 0.15) is 0 Å². The average molecular weight is 172 g/mol. The molecule has 0 aliphatic rings. The third kappa shape index (κ3) is 5.02. The topological polar surface area (TPSA) is 58.9 Å². The summed E-state index contributed by atoms with van der Waals surface area (Å²) in [6, 6.07) is 0. The van der Waals surface area contributed by atoms with Crippen molar-refractivity contribution in [1.29, 1.82) is 0 Å². The van der Waals surface area contributed by atoms with E-state index in [4.69, 9.17) is 7.38 Å². The fourth-order valence-corrected chi connectivity index (χ4v) is 1.46. The summed E-state index contributed by atoms with van der Waals surface area (Å²) >= 11 is -4.20. The Hall–Kier alpha value is 0.554. The van der Waals surface area contributed by atoms with Crippen LogP contribution in [0.15, 0.2) is 0 Å². The maximum atomic E-state index is 8.79. The first kappa shape index (κ1) is 9.55. The second-order valence-electron chi connectivity index (χ2n) is 1.92. The van der Waals surface area contributed by atoms with Gasteiger partial charge in [-0.25, -0.2) is 0 Å². The SMILES string of the molecule is C[O][Ti]([OH])([OH])[O]C(C)C. The van der Waals surface area contributed by atoms with Gasteiger partial charge in [-0.1, -0.05) is 0 Å². The Morgan fingerprint density at radius 2 is 1.78 bits per heavy atom. The Balaban J connectivity index is 3.58. The molecular formula is C4H12O4Ti. The van der Waals surface area contributed by atoms with Gasteiger partial charge in [-0.05, 0) is 0 Å². The van der Waals surface area contributed by atoms with Gasteiger partial charge >= 0.3 is 59.2 Å². The fraction of sp³-hybridized carbons (Fsp3) is 1.00. The molecule has 2 N–H and O–H groups in total. The van der Waals surface area contributed by atoms with Crippen LogP contribution in [0, 0.1) is 0 Å². The van der Waals surface area contributed by atoms with Crippen LogP contribution < -0.4 is 0 Å². The summed E-state index contributed by atoms with van der Waals surface area (Å²) in [5, 5.41) is 0. The van der Waals surface area contributed by atoms with Gasteiger partial charge in [-0.2, -0.15) is 0 Å². The van der Waals surface area contributed by atoms with Gasteiger partial charge in [0, 0.05) is 0 Å². The normalized spacial score (nSPS) is 12.7. The van der Waals surface area contributed by atoms with Crippen molar-refractivity contribution in [2.75, 3.05) is 7.11 Å². The van der Waals surface area contributed by atoms with Gasteiger partial charge in [0.15, 0.2) is 0 Å². The minimum atomic E-state index is -4.20. The Labute approximate surface area is 59.7 Å². The molecule has 0 atom stereocenters. The zero-order valence-corrected chi connectivity index (χ0v) is 7.35. The second-order valence-corrected chi connectivity index (χ2v) is 4.64. The van der Waals surface area contributed by atoms with E-state index in [0.717, 1.165) is 0 Å². The number of hydrogen-bond donors (Lipinski definition) is 2. The molecule has 0 unspecified atom stereocenters. The summed E-state index contributed by atoms with van der Waals surface area (Å²) in [5.41, 5.74) is 0. The minimum absolute atomic E-state index is 0.194. The summed E-state index contributed by atoms with van der Waals surface area (Å²) in [6.45, 7) is 3.43. The Kier molecular flexibility index (Phi) is 3.88. The quantitative estimate of drug-likeness (QED) is 0.581. The van der Waals surface area contributed by atoms with E-state index >= 15 is 0 Å². The molecule has 0 heterocycles. The molecule has 0 saturated carbocycles. The van der Waals surface area contributed by atoms with Gasteiger partial charge in [0.2, 0.25) is 0 Å². The van der Waals surface area contributed by atoms with Crippen molar-refractivity contribution in [2.24, 2.45) is 0 Å². The monoisotopic (exact) mass is 172 g/mol. The van der Waals surface area contributed by atoms with Crippen LogP contribution in [0.1, 0.15) is 13.8 Å². The second kappa shape index (κ2) is 3.66. The van der Waals surface area contributed by atoms with Crippen molar-refractivity contribution >= 4 is 0 Å². The molecule has 5 heteroatoms. The van der Waals surface area contributed by atoms with Crippen LogP contribution in [0.4, 0.5) is 0 Å². The van der Waals surface area contributed by atoms with E-state index in [1.54, 1.807) is 13.8 Å². The van der Waals surface area contributed by atoms with Crippen LogP contribution in [0.25, 0.3) is 0 Å². The molecule has 0 saturated heterocycles. The van der Waals surface area contributed by atoms with Crippen molar-refractivity contribution in [3.8, 4) is 0 Å². The van der Waals surface area contributed by atoms with Crippen molar-refractivity contribution < 1.29 is 32.2 Å². The first-order valence-electron chi connectivity index (χ1n) is 2.65. The third-order valence-electron chi connectivity index (χ3n) is 0.655. The molecule has 0 radical (unpaired) electrons. The molecule has 9 heavy (non-hydrogen) atoms. The molecule has 0 aliphatic heterocycles. The van der Waals surface area contributed by atoms with Crippen LogP contribution >= 0.6 is 0 Å². The Bertz CT molecular complexity index is 82.6. The van der Waals surface area contributed by atoms with Crippen LogP contribution in [-0.2, 0) is 24.8 Å².